The van der Waals surface area contributed by atoms with Gasteiger partial charge in [0.25, 0.3) is 0 Å². The van der Waals surface area contributed by atoms with E-state index in [0.717, 1.165) is 36.6 Å². The summed E-state index contributed by atoms with van der Waals surface area (Å²) < 4.78 is 16.2. The molecule has 1 aromatic carbocycles. The van der Waals surface area contributed by atoms with E-state index in [1.54, 1.807) is 7.11 Å². The molecule has 0 amide bonds. The third-order valence-electron chi connectivity index (χ3n) is 3.41. The molecule has 0 atom stereocenters. The Kier molecular flexibility index (Phi) is 4.31. The van der Waals surface area contributed by atoms with Gasteiger partial charge in [-0.2, -0.15) is 0 Å². The minimum Gasteiger partial charge on any atom is -0.493 e. The fourth-order valence-electron chi connectivity index (χ4n) is 2.32. The topological polar surface area (TPSA) is 39.7 Å². The van der Waals surface area contributed by atoms with E-state index >= 15 is 0 Å². The van der Waals surface area contributed by atoms with Gasteiger partial charge in [-0.15, -0.1) is 11.3 Å². The SMILES string of the molecule is CCc1ccc(CNCc2cc(OC)c3c(c2)OCO3)s1. The first-order valence-corrected chi connectivity index (χ1v) is 7.86. The smallest absolute Gasteiger partial charge is 0.231 e. The monoisotopic (exact) mass is 305 g/mol. The van der Waals surface area contributed by atoms with Crippen molar-refractivity contribution in [1.82, 2.24) is 5.32 Å². The average Bonchev–Trinajstić information content (AvgIpc) is 3.14. The van der Waals surface area contributed by atoms with Gasteiger partial charge in [-0.3, -0.25) is 0 Å². The summed E-state index contributed by atoms with van der Waals surface area (Å²) in [7, 11) is 1.65. The van der Waals surface area contributed by atoms with Gasteiger partial charge in [-0.05, 0) is 36.2 Å². The van der Waals surface area contributed by atoms with Crippen LogP contribution in [0.2, 0.25) is 0 Å². The molecule has 1 aromatic heterocycles. The zero-order chi connectivity index (χ0) is 14.7. The third-order valence-corrected chi connectivity index (χ3v) is 4.64. The molecule has 21 heavy (non-hydrogen) atoms. The molecular weight excluding hydrogens is 286 g/mol. The van der Waals surface area contributed by atoms with Crippen LogP contribution in [0.3, 0.4) is 0 Å². The van der Waals surface area contributed by atoms with E-state index in [9.17, 15) is 0 Å². The highest BCUT2D eigenvalue weighted by molar-refractivity contribution is 7.11. The van der Waals surface area contributed by atoms with Crippen LogP contribution in [-0.2, 0) is 19.5 Å². The Labute approximate surface area is 128 Å². The number of nitrogens with one attached hydrogen (secondary N) is 1. The predicted octanol–water partition coefficient (Wildman–Crippen LogP) is 3.34. The van der Waals surface area contributed by atoms with Gasteiger partial charge in [0, 0.05) is 22.8 Å². The second kappa shape index (κ2) is 6.37. The van der Waals surface area contributed by atoms with E-state index in [2.05, 4.69) is 24.4 Å². The molecule has 0 saturated heterocycles. The molecule has 2 aromatic rings. The molecular formula is C16H19NO3S. The molecule has 0 bridgehead atoms. The summed E-state index contributed by atoms with van der Waals surface area (Å²) in [5.41, 5.74) is 1.13. The highest BCUT2D eigenvalue weighted by atomic mass is 32.1. The van der Waals surface area contributed by atoms with Crippen LogP contribution >= 0.6 is 11.3 Å². The van der Waals surface area contributed by atoms with Gasteiger partial charge >= 0.3 is 0 Å². The molecule has 112 valence electrons. The van der Waals surface area contributed by atoms with Gasteiger partial charge < -0.3 is 19.5 Å². The predicted molar refractivity (Wildman–Crippen MR) is 83.4 cm³/mol. The van der Waals surface area contributed by atoms with Gasteiger partial charge in [-0.1, -0.05) is 6.92 Å². The number of rotatable bonds is 6. The van der Waals surface area contributed by atoms with Gasteiger partial charge in [0.05, 0.1) is 7.11 Å². The van der Waals surface area contributed by atoms with Crippen molar-refractivity contribution in [1.29, 1.82) is 0 Å². The lowest BCUT2D eigenvalue weighted by molar-refractivity contribution is 0.171. The van der Waals surface area contributed by atoms with Crippen LogP contribution in [0.15, 0.2) is 24.3 Å². The Hall–Kier alpha value is -1.72. The van der Waals surface area contributed by atoms with E-state index < -0.39 is 0 Å². The van der Waals surface area contributed by atoms with Crippen molar-refractivity contribution >= 4 is 11.3 Å². The number of hydrogen-bond acceptors (Lipinski definition) is 5. The Morgan fingerprint density at radius 1 is 1.19 bits per heavy atom. The second-order valence-corrected chi connectivity index (χ2v) is 6.11. The number of methoxy groups -OCH3 is 1. The fourth-order valence-corrected chi connectivity index (χ4v) is 3.25. The third kappa shape index (κ3) is 3.14. The highest BCUT2D eigenvalue weighted by Gasteiger charge is 2.19. The molecule has 1 aliphatic heterocycles. The summed E-state index contributed by atoms with van der Waals surface area (Å²) in [4.78, 5) is 2.79. The minimum atomic E-state index is 0.261. The largest absolute Gasteiger partial charge is 0.493 e. The molecule has 0 fully saturated rings. The van der Waals surface area contributed by atoms with Gasteiger partial charge in [0.15, 0.2) is 11.5 Å². The lowest BCUT2D eigenvalue weighted by Gasteiger charge is -2.09. The van der Waals surface area contributed by atoms with Crippen molar-refractivity contribution in [3.63, 3.8) is 0 Å². The summed E-state index contributed by atoms with van der Waals surface area (Å²) >= 11 is 1.86. The maximum absolute atomic E-state index is 5.44. The normalized spacial score (nSPS) is 12.7. The number of ether oxygens (including phenoxy) is 3. The first-order chi connectivity index (χ1) is 10.3. The maximum atomic E-state index is 5.44. The van der Waals surface area contributed by atoms with Crippen LogP contribution < -0.4 is 19.5 Å². The van der Waals surface area contributed by atoms with E-state index in [4.69, 9.17) is 14.2 Å². The van der Waals surface area contributed by atoms with Crippen LogP contribution in [0, 0.1) is 0 Å². The first kappa shape index (κ1) is 14.2. The molecule has 1 aliphatic rings. The van der Waals surface area contributed by atoms with Gasteiger partial charge in [-0.25, -0.2) is 0 Å². The number of benzene rings is 1. The summed E-state index contributed by atoms with van der Waals surface area (Å²) in [6.45, 7) is 4.09. The zero-order valence-corrected chi connectivity index (χ0v) is 13.1. The Morgan fingerprint density at radius 3 is 2.81 bits per heavy atom. The van der Waals surface area contributed by atoms with E-state index in [-0.39, 0.29) is 6.79 Å². The van der Waals surface area contributed by atoms with Crippen LogP contribution in [0.4, 0.5) is 0 Å². The van der Waals surface area contributed by atoms with Crippen molar-refractivity contribution in [3.8, 4) is 17.2 Å². The molecule has 4 nitrogen and oxygen atoms in total. The Morgan fingerprint density at radius 2 is 2.05 bits per heavy atom. The second-order valence-electron chi connectivity index (χ2n) is 4.86. The number of aryl methyl sites for hydroxylation is 1. The fraction of sp³-hybridized carbons (Fsp3) is 0.375. The van der Waals surface area contributed by atoms with E-state index in [1.165, 1.54) is 9.75 Å². The molecule has 0 saturated carbocycles. The molecule has 2 heterocycles. The van der Waals surface area contributed by atoms with Crippen molar-refractivity contribution in [2.75, 3.05) is 13.9 Å². The quantitative estimate of drug-likeness (QED) is 0.888. The Bertz CT molecular complexity index is 624. The number of fused-ring (bicyclic) bond motifs is 1. The summed E-state index contributed by atoms with van der Waals surface area (Å²) in [5.74, 6) is 2.19. The van der Waals surface area contributed by atoms with Crippen molar-refractivity contribution in [3.05, 3.63) is 39.6 Å². The van der Waals surface area contributed by atoms with Gasteiger partial charge in [0.2, 0.25) is 12.5 Å². The molecule has 0 radical (unpaired) electrons. The lowest BCUT2D eigenvalue weighted by atomic mass is 10.2. The van der Waals surface area contributed by atoms with Crippen LogP contribution in [0.1, 0.15) is 22.2 Å². The summed E-state index contributed by atoms with van der Waals surface area (Å²) in [5, 5.41) is 3.46. The summed E-state index contributed by atoms with van der Waals surface area (Å²) in [6.07, 6.45) is 1.10. The summed E-state index contributed by atoms with van der Waals surface area (Å²) in [6, 6.07) is 8.39. The van der Waals surface area contributed by atoms with E-state index in [1.807, 2.05) is 23.5 Å². The lowest BCUT2D eigenvalue weighted by Crippen LogP contribution is -2.11. The van der Waals surface area contributed by atoms with E-state index in [0.29, 0.717) is 5.75 Å². The minimum absolute atomic E-state index is 0.261. The standard InChI is InChI=1S/C16H19NO3S/c1-3-12-4-5-13(21-12)9-17-8-11-6-14(18-2)16-15(7-11)19-10-20-16/h4-7,17H,3,8-10H2,1-2H3. The Balaban J connectivity index is 1.62. The van der Waals surface area contributed by atoms with Crippen LogP contribution in [0.5, 0.6) is 17.2 Å². The van der Waals surface area contributed by atoms with Crippen LogP contribution in [-0.4, -0.2) is 13.9 Å². The number of hydrogen-bond donors (Lipinski definition) is 1. The van der Waals surface area contributed by atoms with Crippen molar-refractivity contribution in [2.45, 2.75) is 26.4 Å². The maximum Gasteiger partial charge on any atom is 0.231 e. The van der Waals surface area contributed by atoms with Crippen LogP contribution in [0.25, 0.3) is 0 Å². The zero-order valence-electron chi connectivity index (χ0n) is 12.3. The van der Waals surface area contributed by atoms with Crippen molar-refractivity contribution in [2.24, 2.45) is 0 Å². The number of thiophene rings is 1. The highest BCUT2D eigenvalue weighted by Crippen LogP contribution is 2.41. The molecule has 1 N–H and O–H groups in total. The first-order valence-electron chi connectivity index (χ1n) is 7.05. The molecule has 0 aliphatic carbocycles. The molecule has 0 spiro atoms. The van der Waals surface area contributed by atoms with Gasteiger partial charge in [0.1, 0.15) is 0 Å². The average molecular weight is 305 g/mol. The molecule has 0 unspecified atom stereocenters. The molecule has 5 heteroatoms. The van der Waals surface area contributed by atoms with Crippen molar-refractivity contribution < 1.29 is 14.2 Å². The molecule has 3 rings (SSSR count).